The Morgan fingerprint density at radius 2 is 0.786 bits per heavy atom. The first-order chi connectivity index (χ1) is 34.6. The molecule has 8 aromatic rings. The quantitative estimate of drug-likeness (QED) is 0.126. The van der Waals surface area contributed by atoms with Crippen LogP contribution in [0, 0.1) is 0 Å². The second-order valence-corrected chi connectivity index (χ2v) is 19.1. The third-order valence-electron chi connectivity index (χ3n) is 13.0. The molecule has 0 saturated carbocycles. The van der Waals surface area contributed by atoms with E-state index in [2.05, 4.69) is 259 Å². The number of aromatic nitrogens is 2. The standard InChI is InChI=1S/C56H54N8S2.2CH3Cl/c1-59-49-25-13-15-27-51(49)65-55(59)39-41-37-53(63(43-17-5-3-6-18-43)47-23-11-9-21-45(41)47)61-33-29-57-31-35-62(36-32-58-30-34-61)54-38-42(40-56-60(2)50-26-14-16-28-52(50)66-56)46-22-10-12-24-48(46)64(54)44-19-7-4-8-20-44;2*1-2/h3-28,37-40,57-58H,29-36H2,1-2H3;2*1H3/q+2;;. The van der Waals surface area contributed by atoms with Gasteiger partial charge in [-0.2, -0.15) is 9.13 Å². The Hall–Kier alpha value is -5.98. The summed E-state index contributed by atoms with van der Waals surface area (Å²) in [5.41, 5.74) is 9.65. The molecule has 0 unspecified atom stereocenters. The normalized spacial score (nSPS) is 16.3. The minimum absolute atomic E-state index is 0.845. The number of pyridine rings is 2. The summed E-state index contributed by atoms with van der Waals surface area (Å²) in [5, 5.41) is 12.7. The van der Waals surface area contributed by atoms with Crippen molar-refractivity contribution in [2.45, 2.75) is 9.79 Å². The second kappa shape index (κ2) is 23.3. The maximum atomic E-state index is 4.64. The monoisotopic (exact) mass is 1000 g/mol. The van der Waals surface area contributed by atoms with E-state index < -0.39 is 0 Å². The number of thioether (sulfide) groups is 2. The van der Waals surface area contributed by atoms with Gasteiger partial charge in [-0.25, -0.2) is 0 Å². The molecule has 0 spiro atoms. The maximum Gasteiger partial charge on any atom is 0.282 e. The van der Waals surface area contributed by atoms with Crippen molar-refractivity contribution in [3.63, 3.8) is 0 Å². The molecule has 6 aromatic carbocycles. The molecule has 12 heteroatoms. The van der Waals surface area contributed by atoms with Crippen LogP contribution in [0.3, 0.4) is 0 Å². The van der Waals surface area contributed by atoms with E-state index in [1.165, 1.54) is 88.6 Å². The average molecular weight is 1000 g/mol. The van der Waals surface area contributed by atoms with Gasteiger partial charge in [-0.3, -0.25) is 9.80 Å². The Morgan fingerprint density at radius 3 is 1.17 bits per heavy atom. The van der Waals surface area contributed by atoms with E-state index in [4.69, 9.17) is 0 Å². The zero-order chi connectivity index (χ0) is 48.4. The molecule has 2 N–H and O–H groups in total. The Labute approximate surface area is 431 Å². The first-order valence-corrected chi connectivity index (χ1v) is 26.9. The molecule has 2 aromatic heterocycles. The topological polar surface area (TPSA) is 44.8 Å². The molecule has 3 aliphatic heterocycles. The smallest absolute Gasteiger partial charge is 0.282 e. The number of halogens is 2. The van der Waals surface area contributed by atoms with Gasteiger partial charge in [0.1, 0.15) is 22.4 Å². The van der Waals surface area contributed by atoms with Crippen LogP contribution in [-0.4, -0.2) is 79.2 Å². The lowest BCUT2D eigenvalue weighted by molar-refractivity contribution is -0.554. The van der Waals surface area contributed by atoms with Gasteiger partial charge in [0.2, 0.25) is 0 Å². The fourth-order valence-corrected chi connectivity index (χ4v) is 11.8. The number of benzene rings is 6. The van der Waals surface area contributed by atoms with E-state index in [0.29, 0.717) is 0 Å². The summed E-state index contributed by atoms with van der Waals surface area (Å²) in [6, 6.07) is 61.7. The van der Waals surface area contributed by atoms with Gasteiger partial charge in [-0.15, -0.1) is 23.2 Å². The zero-order valence-corrected chi connectivity index (χ0v) is 43.4. The highest BCUT2D eigenvalue weighted by molar-refractivity contribution is 8.04. The van der Waals surface area contributed by atoms with Crippen molar-refractivity contribution in [3.05, 3.63) is 191 Å². The lowest BCUT2D eigenvalue weighted by atomic mass is 10.1. The summed E-state index contributed by atoms with van der Waals surface area (Å²) in [4.78, 5) is 12.4. The summed E-state index contributed by atoms with van der Waals surface area (Å²) in [6.07, 6.45) is 7.71. The van der Waals surface area contributed by atoms with Gasteiger partial charge in [-0.1, -0.05) is 121 Å². The van der Waals surface area contributed by atoms with Crippen LogP contribution in [-0.2, 0) is 0 Å². The number of nitrogens with one attached hydrogen (secondary N) is 2. The van der Waals surface area contributed by atoms with Crippen LogP contribution in [0.2, 0.25) is 0 Å². The number of fused-ring (bicyclic) bond motifs is 4. The molecule has 5 heterocycles. The van der Waals surface area contributed by atoms with Crippen molar-refractivity contribution in [1.29, 1.82) is 0 Å². The predicted octanol–water partition coefficient (Wildman–Crippen LogP) is 11.8. The Bertz CT molecular complexity index is 2910. The van der Waals surface area contributed by atoms with E-state index in [1.807, 2.05) is 23.5 Å². The SMILES string of the molecule is CCl.CCl.CN1/C(=C\c2cc(N3CCNCCN(c4cc(/C=C5/Sc6ccccc6N5C)c5ccccc5[n+]4-c4ccccc4)CCNCC3)[n+](-c3ccccc3)c3ccccc23)Sc2ccccc21. The van der Waals surface area contributed by atoms with E-state index >= 15 is 0 Å². The molecule has 356 valence electrons. The maximum absolute atomic E-state index is 4.64. The number of hydrogen-bond acceptors (Lipinski definition) is 8. The number of alkyl halides is 2. The Kier molecular flexibility index (Phi) is 16.3. The first-order valence-electron chi connectivity index (χ1n) is 23.8. The van der Waals surface area contributed by atoms with Crippen LogP contribution in [0.4, 0.5) is 23.0 Å². The third kappa shape index (κ3) is 10.3. The van der Waals surface area contributed by atoms with Crippen molar-refractivity contribution < 1.29 is 9.13 Å². The van der Waals surface area contributed by atoms with Crippen molar-refractivity contribution in [2.75, 3.05) is 98.8 Å². The van der Waals surface area contributed by atoms with Crippen LogP contribution in [0.5, 0.6) is 0 Å². The zero-order valence-electron chi connectivity index (χ0n) is 40.2. The molecule has 0 amide bonds. The minimum Gasteiger partial charge on any atom is -0.338 e. The van der Waals surface area contributed by atoms with Gasteiger partial charge >= 0.3 is 0 Å². The highest BCUT2D eigenvalue weighted by Gasteiger charge is 2.30. The van der Waals surface area contributed by atoms with Gasteiger partial charge in [0.05, 0.1) is 47.6 Å². The molecule has 1 fully saturated rings. The summed E-state index contributed by atoms with van der Waals surface area (Å²) in [7, 11) is 4.36. The lowest BCUT2D eigenvalue weighted by Gasteiger charge is -2.25. The number of rotatable bonds is 6. The number of para-hydroxylation sites is 6. The van der Waals surface area contributed by atoms with Gasteiger partial charge < -0.3 is 20.4 Å². The highest BCUT2D eigenvalue weighted by Crippen LogP contribution is 2.47. The molecule has 11 rings (SSSR count). The fraction of sp³-hybridized carbons (Fsp3) is 0.207. The van der Waals surface area contributed by atoms with Crippen LogP contribution >= 0.6 is 46.7 Å². The first kappa shape index (κ1) is 49.0. The van der Waals surface area contributed by atoms with Crippen molar-refractivity contribution in [2.24, 2.45) is 0 Å². The Morgan fingerprint density at radius 1 is 0.443 bits per heavy atom. The third-order valence-corrected chi connectivity index (χ3v) is 15.3. The molecular formula is C58H60Cl2N8S2+2. The minimum atomic E-state index is 0.845. The summed E-state index contributed by atoms with van der Waals surface area (Å²) >= 11 is 13.0. The molecule has 0 bridgehead atoms. The molecule has 1 saturated heterocycles. The number of hydrogen-bond donors (Lipinski definition) is 2. The van der Waals surface area contributed by atoms with E-state index in [9.17, 15) is 0 Å². The fourth-order valence-electron chi connectivity index (χ4n) is 9.58. The van der Waals surface area contributed by atoms with E-state index in [0.717, 1.165) is 63.7 Å². The van der Waals surface area contributed by atoms with Crippen molar-refractivity contribution >= 4 is 104 Å². The molecular weight excluding hydrogens is 944 g/mol. The van der Waals surface area contributed by atoms with Gasteiger partial charge in [0.25, 0.3) is 11.6 Å². The number of anilines is 4. The summed E-state index contributed by atoms with van der Waals surface area (Å²) < 4.78 is 4.92. The highest BCUT2D eigenvalue weighted by atomic mass is 35.5. The molecule has 3 aliphatic rings. The number of nitrogens with zero attached hydrogens (tertiary/aromatic N) is 6. The van der Waals surface area contributed by atoms with Crippen molar-refractivity contribution in [3.8, 4) is 11.4 Å². The van der Waals surface area contributed by atoms with Crippen LogP contribution in [0.25, 0.3) is 45.3 Å². The van der Waals surface area contributed by atoms with Crippen LogP contribution in [0.15, 0.2) is 190 Å². The van der Waals surface area contributed by atoms with Crippen molar-refractivity contribution in [1.82, 2.24) is 10.6 Å². The molecule has 8 nitrogen and oxygen atoms in total. The Balaban J connectivity index is 0.00000148. The van der Waals surface area contributed by atoms with Crippen LogP contribution < -0.4 is 39.4 Å². The average Bonchev–Trinajstić information content (AvgIpc) is 3.91. The van der Waals surface area contributed by atoms with Gasteiger partial charge in [-0.05, 0) is 83.9 Å². The van der Waals surface area contributed by atoms with E-state index in [1.54, 1.807) is 0 Å². The lowest BCUT2D eigenvalue weighted by Crippen LogP contribution is -2.49. The summed E-state index contributed by atoms with van der Waals surface area (Å²) in [6.45, 7) is 6.80. The largest absolute Gasteiger partial charge is 0.338 e. The summed E-state index contributed by atoms with van der Waals surface area (Å²) in [5.74, 6) is 2.38. The van der Waals surface area contributed by atoms with E-state index in [-0.39, 0.29) is 0 Å². The molecule has 70 heavy (non-hydrogen) atoms. The molecule has 0 radical (unpaired) electrons. The predicted molar refractivity (Wildman–Crippen MR) is 302 cm³/mol. The second-order valence-electron chi connectivity index (χ2n) is 17.0. The van der Waals surface area contributed by atoms with Crippen LogP contribution in [0.1, 0.15) is 11.1 Å². The molecule has 0 atom stereocenters. The van der Waals surface area contributed by atoms with Gasteiger partial charge in [0, 0.05) is 85.7 Å². The molecule has 0 aliphatic carbocycles. The van der Waals surface area contributed by atoms with Gasteiger partial charge in [0.15, 0.2) is 0 Å².